The van der Waals surface area contributed by atoms with Crippen molar-refractivity contribution in [1.29, 1.82) is 0 Å². The van der Waals surface area contributed by atoms with Gasteiger partial charge in [0.15, 0.2) is 0 Å². The Morgan fingerprint density at radius 2 is 1.96 bits per heavy atom. The fourth-order valence-electron chi connectivity index (χ4n) is 2.24. The number of allylic oxidation sites excluding steroid dienone is 1. The summed E-state index contributed by atoms with van der Waals surface area (Å²) in [5.41, 5.74) is 11.0. The normalized spacial score (nSPS) is 21.1. The van der Waals surface area contributed by atoms with Crippen molar-refractivity contribution in [1.82, 2.24) is 9.80 Å². The Hall–Kier alpha value is -1.31. The van der Waals surface area contributed by atoms with E-state index in [4.69, 9.17) is 39.4 Å². The number of piperazine rings is 1. The van der Waals surface area contributed by atoms with E-state index in [0.29, 0.717) is 18.8 Å². The van der Waals surface area contributed by atoms with E-state index in [2.05, 4.69) is 0 Å². The Bertz CT molecular complexity index is 495. The molecular formula is C14H24Cl2N4O3. The second kappa shape index (κ2) is 7.99. The van der Waals surface area contributed by atoms with E-state index in [-0.39, 0.29) is 23.5 Å². The van der Waals surface area contributed by atoms with Crippen molar-refractivity contribution in [2.45, 2.75) is 32.4 Å². The first-order valence-electron chi connectivity index (χ1n) is 7.18. The molecule has 1 unspecified atom stereocenters. The molecule has 0 bridgehead atoms. The molecule has 9 heteroatoms. The van der Waals surface area contributed by atoms with E-state index >= 15 is 0 Å². The summed E-state index contributed by atoms with van der Waals surface area (Å²) in [5, 5.41) is 9.68. The molecule has 0 aromatic heterocycles. The Labute approximate surface area is 146 Å². The predicted octanol–water partition coefficient (Wildman–Crippen LogP) is 1.31. The first-order chi connectivity index (χ1) is 10.5. The number of amides is 1. The summed E-state index contributed by atoms with van der Waals surface area (Å²) in [6, 6.07) is -0.393. The summed E-state index contributed by atoms with van der Waals surface area (Å²) < 4.78 is 5.35. The topological polar surface area (TPSA) is 105 Å². The van der Waals surface area contributed by atoms with E-state index in [1.54, 1.807) is 30.6 Å². The molecule has 0 spiro atoms. The molecule has 1 amide bonds. The number of hydrogen-bond donors (Lipinski definition) is 3. The van der Waals surface area contributed by atoms with Gasteiger partial charge in [0.25, 0.3) is 0 Å². The molecular weight excluding hydrogens is 343 g/mol. The summed E-state index contributed by atoms with van der Waals surface area (Å²) in [6.07, 6.45) is 1.00. The molecule has 7 nitrogen and oxygen atoms in total. The summed E-state index contributed by atoms with van der Waals surface area (Å²) in [5.74, 6) is 0. The molecule has 0 radical (unpaired) electrons. The van der Waals surface area contributed by atoms with E-state index in [0.717, 1.165) is 0 Å². The molecule has 0 saturated carbocycles. The molecule has 0 aliphatic carbocycles. The van der Waals surface area contributed by atoms with Gasteiger partial charge in [-0.15, -0.1) is 0 Å². The number of hydrogen-bond acceptors (Lipinski definition) is 6. The number of rotatable bonds is 3. The Kier molecular flexibility index (Phi) is 6.85. The number of carbonyl (C=O) groups is 1. The van der Waals surface area contributed by atoms with Gasteiger partial charge in [-0.3, -0.25) is 0 Å². The molecule has 1 saturated heterocycles. The van der Waals surface area contributed by atoms with Crippen LogP contribution in [0.1, 0.15) is 20.8 Å². The van der Waals surface area contributed by atoms with Crippen LogP contribution >= 0.6 is 23.2 Å². The highest BCUT2D eigenvalue weighted by Gasteiger charge is 2.32. The van der Waals surface area contributed by atoms with Crippen molar-refractivity contribution >= 4 is 29.3 Å². The number of nitrogens with zero attached hydrogens (tertiary/aromatic N) is 2. The highest BCUT2D eigenvalue weighted by Crippen LogP contribution is 2.22. The van der Waals surface area contributed by atoms with Crippen molar-refractivity contribution in [2.75, 3.05) is 26.2 Å². The summed E-state index contributed by atoms with van der Waals surface area (Å²) >= 11 is 11.6. The number of aliphatic hydroxyl groups excluding tert-OH is 1. The van der Waals surface area contributed by atoms with Crippen molar-refractivity contribution < 1.29 is 14.6 Å². The van der Waals surface area contributed by atoms with Crippen molar-refractivity contribution in [2.24, 2.45) is 11.5 Å². The molecule has 1 aliphatic rings. The van der Waals surface area contributed by atoms with Gasteiger partial charge < -0.3 is 31.1 Å². The second-order valence-electron chi connectivity index (χ2n) is 6.22. The lowest BCUT2D eigenvalue weighted by molar-refractivity contribution is 0.00292. The lowest BCUT2D eigenvalue weighted by Crippen LogP contribution is -2.56. The van der Waals surface area contributed by atoms with Gasteiger partial charge in [0, 0.05) is 19.6 Å². The fraction of sp³-hybridized carbons (Fsp3) is 0.643. The van der Waals surface area contributed by atoms with Crippen LogP contribution in [0.3, 0.4) is 0 Å². The first kappa shape index (κ1) is 19.7. The summed E-state index contributed by atoms with van der Waals surface area (Å²) in [7, 11) is 0. The zero-order valence-corrected chi connectivity index (χ0v) is 15.1. The van der Waals surface area contributed by atoms with Crippen LogP contribution in [0.25, 0.3) is 0 Å². The van der Waals surface area contributed by atoms with Crippen LogP contribution in [0.4, 0.5) is 4.79 Å². The fourth-order valence-corrected chi connectivity index (χ4v) is 2.51. The minimum Gasteiger partial charge on any atom is -0.444 e. The maximum absolute atomic E-state index is 12.2. The number of halogens is 2. The lowest BCUT2D eigenvalue weighted by atomic mass is 10.1. The van der Waals surface area contributed by atoms with E-state index in [9.17, 15) is 9.90 Å². The van der Waals surface area contributed by atoms with Crippen LogP contribution in [0, 0.1) is 0 Å². The zero-order chi connectivity index (χ0) is 17.8. The molecule has 5 N–H and O–H groups in total. The minimum absolute atomic E-state index is 0.0118. The van der Waals surface area contributed by atoms with Crippen molar-refractivity contribution in [3.05, 3.63) is 22.1 Å². The van der Waals surface area contributed by atoms with Crippen LogP contribution in [0.2, 0.25) is 0 Å². The zero-order valence-electron chi connectivity index (χ0n) is 13.6. The molecule has 23 heavy (non-hydrogen) atoms. The molecule has 1 aliphatic heterocycles. The second-order valence-corrected chi connectivity index (χ2v) is 7.06. The molecule has 1 heterocycles. The van der Waals surface area contributed by atoms with Crippen LogP contribution < -0.4 is 11.5 Å². The van der Waals surface area contributed by atoms with Gasteiger partial charge in [-0.2, -0.15) is 0 Å². The summed E-state index contributed by atoms with van der Waals surface area (Å²) in [6.45, 7) is 6.29. The maximum atomic E-state index is 12.2. The number of ether oxygens (including phenoxy) is 1. The van der Waals surface area contributed by atoms with Gasteiger partial charge in [0.1, 0.15) is 15.9 Å². The van der Waals surface area contributed by atoms with Crippen molar-refractivity contribution in [3.8, 4) is 0 Å². The van der Waals surface area contributed by atoms with E-state index in [1.807, 2.05) is 0 Å². The van der Waals surface area contributed by atoms with E-state index < -0.39 is 17.7 Å². The number of aliphatic hydroxyl groups is 1. The average molecular weight is 367 g/mol. The average Bonchev–Trinajstić information content (AvgIpc) is 2.41. The molecule has 0 aromatic carbocycles. The Balaban J connectivity index is 2.90. The van der Waals surface area contributed by atoms with Gasteiger partial charge in [0.05, 0.1) is 18.3 Å². The number of carbonyl (C=O) groups excluding carboxylic acids is 1. The number of nitrogens with two attached hydrogens (primary N) is 2. The van der Waals surface area contributed by atoms with Crippen molar-refractivity contribution in [3.63, 3.8) is 0 Å². The van der Waals surface area contributed by atoms with Gasteiger partial charge in [-0.05, 0) is 26.8 Å². The van der Waals surface area contributed by atoms with Crippen LogP contribution in [-0.2, 0) is 4.74 Å². The van der Waals surface area contributed by atoms with Gasteiger partial charge in [0.2, 0.25) is 0 Å². The Morgan fingerprint density at radius 3 is 2.39 bits per heavy atom. The van der Waals surface area contributed by atoms with Crippen LogP contribution in [0.15, 0.2) is 22.1 Å². The first-order valence-corrected chi connectivity index (χ1v) is 7.94. The molecule has 1 rings (SSSR count). The monoisotopic (exact) mass is 366 g/mol. The SMILES string of the molecule is CC(C)(C)OC(=O)N1CCN(C(/C=C(\N)Cl)=C(/N)Cl)C(CO)C1. The van der Waals surface area contributed by atoms with Crippen LogP contribution in [0.5, 0.6) is 0 Å². The third-order valence-corrected chi connectivity index (χ3v) is 3.48. The van der Waals surface area contributed by atoms with Gasteiger partial charge in [-0.25, -0.2) is 4.79 Å². The van der Waals surface area contributed by atoms with E-state index in [1.165, 1.54) is 6.08 Å². The highest BCUT2D eigenvalue weighted by molar-refractivity contribution is 6.30. The maximum Gasteiger partial charge on any atom is 0.410 e. The molecule has 1 atom stereocenters. The van der Waals surface area contributed by atoms with Gasteiger partial charge >= 0.3 is 6.09 Å². The van der Waals surface area contributed by atoms with Crippen LogP contribution in [-0.4, -0.2) is 58.9 Å². The smallest absolute Gasteiger partial charge is 0.410 e. The summed E-state index contributed by atoms with van der Waals surface area (Å²) in [4.78, 5) is 15.5. The third kappa shape index (κ3) is 6.01. The molecule has 132 valence electrons. The minimum atomic E-state index is -0.579. The lowest BCUT2D eigenvalue weighted by Gasteiger charge is -2.42. The highest BCUT2D eigenvalue weighted by atomic mass is 35.5. The Morgan fingerprint density at radius 1 is 1.35 bits per heavy atom. The molecule has 0 aromatic rings. The third-order valence-electron chi connectivity index (χ3n) is 3.17. The largest absolute Gasteiger partial charge is 0.444 e. The standard InChI is InChI=1S/C14H24Cl2N4O3/c1-14(2,3)23-13(22)19-4-5-20(9(7-19)8-21)10(12(16)18)6-11(15)17/h6,9,21H,4-5,7-8,17-18H2,1-3H3/b11-6-,12-10+. The van der Waals surface area contributed by atoms with Gasteiger partial charge in [-0.1, -0.05) is 23.2 Å². The predicted molar refractivity (Wildman–Crippen MR) is 90.6 cm³/mol. The molecule has 1 fully saturated rings. The quantitative estimate of drug-likeness (QED) is 0.513.